The van der Waals surface area contributed by atoms with E-state index in [-0.39, 0.29) is 0 Å². The molecule has 0 bridgehead atoms. The van der Waals surface area contributed by atoms with Gasteiger partial charge in [0.2, 0.25) is 5.88 Å². The van der Waals surface area contributed by atoms with E-state index in [1.165, 1.54) is 0 Å². The molecule has 0 amide bonds. The van der Waals surface area contributed by atoms with Crippen molar-refractivity contribution in [2.24, 2.45) is 7.05 Å². The Morgan fingerprint density at radius 3 is 2.50 bits per heavy atom. The Morgan fingerprint density at radius 1 is 1.21 bits per heavy atom. The Morgan fingerprint density at radius 2 is 1.93 bits per heavy atom. The third-order valence-corrected chi connectivity index (χ3v) is 2.19. The van der Waals surface area contributed by atoms with Crippen LogP contribution in [0.25, 0.3) is 11.4 Å². The van der Waals surface area contributed by atoms with Crippen molar-refractivity contribution in [3.05, 3.63) is 36.5 Å². The van der Waals surface area contributed by atoms with Gasteiger partial charge in [0, 0.05) is 12.6 Å². The molecule has 0 aliphatic carbocycles. The molecule has 1 heterocycles. The summed E-state index contributed by atoms with van der Waals surface area (Å²) in [6, 6.07) is 10.0. The molecule has 0 saturated carbocycles. The first-order valence-electron chi connectivity index (χ1n) is 4.44. The number of aromatic nitrogens is 2. The first-order chi connectivity index (χ1) is 6.83. The molecule has 0 aliphatic heterocycles. The predicted octanol–water partition coefficient (Wildman–Crippen LogP) is 2.10. The lowest BCUT2D eigenvalue weighted by Gasteiger charge is -2.03. The lowest BCUT2D eigenvalue weighted by Crippen LogP contribution is -1.95. The summed E-state index contributed by atoms with van der Waals surface area (Å²) >= 11 is 0. The van der Waals surface area contributed by atoms with Crippen LogP contribution in [0.3, 0.4) is 0 Å². The molecule has 0 fully saturated rings. The average molecular weight is 188 g/mol. The molecule has 0 atom stereocenters. The predicted molar refractivity (Wildman–Crippen MR) is 55.2 cm³/mol. The number of ether oxygens (including phenoxy) is 1. The zero-order chi connectivity index (χ0) is 9.97. The number of methoxy groups -OCH3 is 1. The van der Waals surface area contributed by atoms with Crippen molar-refractivity contribution in [1.82, 2.24) is 9.55 Å². The van der Waals surface area contributed by atoms with E-state index >= 15 is 0 Å². The lowest BCUT2D eigenvalue weighted by atomic mass is 10.2. The molecule has 0 unspecified atom stereocenters. The summed E-state index contributed by atoms with van der Waals surface area (Å²) in [4.78, 5) is 4.29. The van der Waals surface area contributed by atoms with Crippen LogP contribution in [0.1, 0.15) is 0 Å². The highest BCUT2D eigenvalue weighted by Gasteiger charge is 2.07. The molecule has 0 N–H and O–H groups in total. The van der Waals surface area contributed by atoms with Crippen LogP contribution in [0.2, 0.25) is 0 Å². The van der Waals surface area contributed by atoms with Crippen molar-refractivity contribution >= 4 is 0 Å². The van der Waals surface area contributed by atoms with Crippen molar-refractivity contribution in [3.8, 4) is 17.3 Å². The molecule has 0 radical (unpaired) electrons. The van der Waals surface area contributed by atoms with E-state index in [0.717, 1.165) is 17.3 Å². The molecular weight excluding hydrogens is 176 g/mol. The van der Waals surface area contributed by atoms with Gasteiger partial charge in [-0.3, -0.25) is 4.57 Å². The molecule has 0 saturated heterocycles. The fraction of sp³-hybridized carbons (Fsp3) is 0.182. The highest BCUT2D eigenvalue weighted by atomic mass is 16.5. The van der Waals surface area contributed by atoms with Gasteiger partial charge in [-0.1, -0.05) is 30.3 Å². The smallest absolute Gasteiger partial charge is 0.213 e. The van der Waals surface area contributed by atoms with Crippen LogP contribution in [0.5, 0.6) is 5.88 Å². The summed E-state index contributed by atoms with van der Waals surface area (Å²) in [5.74, 6) is 1.69. The van der Waals surface area contributed by atoms with Gasteiger partial charge in [0.1, 0.15) is 5.82 Å². The fourth-order valence-corrected chi connectivity index (χ4v) is 1.44. The molecule has 0 aliphatic rings. The van der Waals surface area contributed by atoms with Gasteiger partial charge in [-0.05, 0) is 0 Å². The van der Waals surface area contributed by atoms with Crippen LogP contribution in [-0.2, 0) is 7.05 Å². The largest absolute Gasteiger partial charge is 0.481 e. The summed E-state index contributed by atoms with van der Waals surface area (Å²) in [7, 11) is 3.58. The summed E-state index contributed by atoms with van der Waals surface area (Å²) in [5, 5.41) is 0. The number of benzene rings is 1. The zero-order valence-electron chi connectivity index (χ0n) is 8.27. The number of hydrogen-bond donors (Lipinski definition) is 0. The van der Waals surface area contributed by atoms with Gasteiger partial charge in [0.15, 0.2) is 0 Å². The van der Waals surface area contributed by atoms with Crippen LogP contribution in [0.15, 0.2) is 36.5 Å². The minimum Gasteiger partial charge on any atom is -0.481 e. The summed E-state index contributed by atoms with van der Waals surface area (Å²) in [5.41, 5.74) is 1.10. The maximum absolute atomic E-state index is 5.15. The SMILES string of the molecule is COc1cnc(-c2ccccc2)n1C. The van der Waals surface area contributed by atoms with Gasteiger partial charge in [0.05, 0.1) is 13.3 Å². The van der Waals surface area contributed by atoms with Crippen LogP contribution < -0.4 is 4.74 Å². The van der Waals surface area contributed by atoms with Gasteiger partial charge in [-0.25, -0.2) is 4.98 Å². The number of imidazole rings is 1. The first kappa shape index (κ1) is 8.81. The van der Waals surface area contributed by atoms with Crippen molar-refractivity contribution in [2.45, 2.75) is 0 Å². The molecule has 3 heteroatoms. The summed E-state index contributed by atoms with van der Waals surface area (Å²) in [6.45, 7) is 0. The van der Waals surface area contributed by atoms with E-state index in [4.69, 9.17) is 4.74 Å². The number of hydrogen-bond acceptors (Lipinski definition) is 2. The van der Waals surface area contributed by atoms with Gasteiger partial charge in [-0.15, -0.1) is 0 Å². The van der Waals surface area contributed by atoms with E-state index < -0.39 is 0 Å². The Kier molecular flexibility index (Phi) is 2.23. The van der Waals surface area contributed by atoms with Crippen molar-refractivity contribution in [3.63, 3.8) is 0 Å². The van der Waals surface area contributed by atoms with E-state index in [2.05, 4.69) is 4.98 Å². The summed E-state index contributed by atoms with van der Waals surface area (Å²) in [6.07, 6.45) is 1.72. The van der Waals surface area contributed by atoms with E-state index in [1.807, 2.05) is 41.9 Å². The molecule has 1 aromatic carbocycles. The van der Waals surface area contributed by atoms with E-state index in [0.29, 0.717) is 0 Å². The van der Waals surface area contributed by atoms with Crippen LogP contribution in [-0.4, -0.2) is 16.7 Å². The molecule has 14 heavy (non-hydrogen) atoms. The Labute approximate surface area is 83.0 Å². The second-order valence-electron chi connectivity index (χ2n) is 3.05. The Hall–Kier alpha value is -1.77. The highest BCUT2D eigenvalue weighted by molar-refractivity contribution is 5.56. The van der Waals surface area contributed by atoms with Gasteiger partial charge in [-0.2, -0.15) is 0 Å². The number of nitrogens with zero attached hydrogens (tertiary/aromatic N) is 2. The molecule has 0 spiro atoms. The fourth-order valence-electron chi connectivity index (χ4n) is 1.44. The Balaban J connectivity index is 2.48. The molecule has 72 valence electrons. The minimum absolute atomic E-state index is 0.767. The van der Waals surface area contributed by atoms with E-state index in [1.54, 1.807) is 13.3 Å². The maximum atomic E-state index is 5.15. The van der Waals surface area contributed by atoms with Crippen LogP contribution in [0, 0.1) is 0 Å². The van der Waals surface area contributed by atoms with Crippen molar-refractivity contribution in [1.29, 1.82) is 0 Å². The number of rotatable bonds is 2. The van der Waals surface area contributed by atoms with Gasteiger partial charge in [0.25, 0.3) is 0 Å². The molecule has 2 rings (SSSR count). The topological polar surface area (TPSA) is 27.1 Å². The van der Waals surface area contributed by atoms with Crippen LogP contribution >= 0.6 is 0 Å². The minimum atomic E-state index is 0.767. The highest BCUT2D eigenvalue weighted by Crippen LogP contribution is 2.21. The third kappa shape index (κ3) is 1.37. The summed E-state index contributed by atoms with van der Waals surface area (Å²) < 4.78 is 7.07. The zero-order valence-corrected chi connectivity index (χ0v) is 8.27. The first-order valence-corrected chi connectivity index (χ1v) is 4.44. The van der Waals surface area contributed by atoms with Gasteiger partial charge >= 0.3 is 0 Å². The van der Waals surface area contributed by atoms with Crippen molar-refractivity contribution < 1.29 is 4.74 Å². The second kappa shape index (κ2) is 3.54. The molecule has 1 aromatic heterocycles. The third-order valence-electron chi connectivity index (χ3n) is 2.19. The average Bonchev–Trinajstić information content (AvgIpc) is 2.61. The monoisotopic (exact) mass is 188 g/mol. The maximum Gasteiger partial charge on any atom is 0.213 e. The molecule has 2 aromatic rings. The molecule has 3 nitrogen and oxygen atoms in total. The lowest BCUT2D eigenvalue weighted by molar-refractivity contribution is 0.383. The van der Waals surface area contributed by atoms with Crippen molar-refractivity contribution in [2.75, 3.05) is 7.11 Å². The standard InChI is InChI=1S/C11H12N2O/c1-13-10(14-2)8-12-11(13)9-6-4-3-5-7-9/h3-8H,1-2H3. The van der Waals surface area contributed by atoms with Gasteiger partial charge < -0.3 is 4.74 Å². The van der Waals surface area contributed by atoms with E-state index in [9.17, 15) is 0 Å². The quantitative estimate of drug-likeness (QED) is 0.721. The van der Waals surface area contributed by atoms with Crippen LogP contribution in [0.4, 0.5) is 0 Å². The molecular formula is C11H12N2O. The second-order valence-corrected chi connectivity index (χ2v) is 3.05. The Bertz CT molecular complexity index is 420. The normalized spacial score (nSPS) is 10.1.